The van der Waals surface area contributed by atoms with Crippen LogP contribution < -0.4 is 6.15 Å². The van der Waals surface area contributed by atoms with Gasteiger partial charge >= 0.3 is 0 Å². The summed E-state index contributed by atoms with van der Waals surface area (Å²) in [5.74, 6) is 0.524. The lowest BCUT2D eigenvalue weighted by atomic mass is 9.62. The van der Waals surface area contributed by atoms with Crippen LogP contribution in [0.3, 0.4) is 0 Å². The van der Waals surface area contributed by atoms with Gasteiger partial charge in [-0.1, -0.05) is 169 Å². The zero-order valence-electron chi connectivity index (χ0n) is 32.0. The maximum Gasteiger partial charge on any atom is 0.139 e. The first-order valence-electron chi connectivity index (χ1n) is 19.6. The SMILES string of the molecule is CCCCCCCC/C=C\CCCCCCCC(=O)C(C)(C)C(C)(C)C(=O)CCCCCCC/C=C\CCCCCCCC.Cl.N. The fourth-order valence-electron chi connectivity index (χ4n) is 6.03. The third-order valence-corrected chi connectivity index (χ3v) is 10.3. The minimum atomic E-state index is -0.604. The lowest BCUT2D eigenvalue weighted by Crippen LogP contribution is -2.45. The van der Waals surface area contributed by atoms with Gasteiger partial charge in [-0.25, -0.2) is 0 Å². The van der Waals surface area contributed by atoms with Crippen LogP contribution in [0.1, 0.15) is 221 Å². The van der Waals surface area contributed by atoms with Crippen LogP contribution in [0.4, 0.5) is 0 Å². The Morgan fingerprint density at radius 1 is 0.391 bits per heavy atom. The van der Waals surface area contributed by atoms with Gasteiger partial charge in [0.2, 0.25) is 0 Å². The second-order valence-corrected chi connectivity index (χ2v) is 14.8. The molecule has 0 spiro atoms. The maximum atomic E-state index is 13.2. The summed E-state index contributed by atoms with van der Waals surface area (Å²) in [6.07, 6.45) is 43.6. The molecule has 0 bridgehead atoms. The number of halogens is 1. The van der Waals surface area contributed by atoms with Crippen LogP contribution in [0.15, 0.2) is 24.3 Å². The van der Waals surface area contributed by atoms with Gasteiger partial charge in [0.25, 0.3) is 0 Å². The number of rotatable bonds is 33. The van der Waals surface area contributed by atoms with E-state index in [9.17, 15) is 9.59 Å². The van der Waals surface area contributed by atoms with Crippen molar-refractivity contribution in [2.24, 2.45) is 10.8 Å². The quantitative estimate of drug-likeness (QED) is 0.0559. The van der Waals surface area contributed by atoms with Crippen LogP contribution in [0.2, 0.25) is 0 Å². The second-order valence-electron chi connectivity index (χ2n) is 14.8. The van der Waals surface area contributed by atoms with Crippen molar-refractivity contribution in [3.8, 4) is 0 Å². The molecular formula is C42H82ClNO2. The molecule has 0 fully saturated rings. The summed E-state index contributed by atoms with van der Waals surface area (Å²) in [4.78, 5) is 26.4. The van der Waals surface area contributed by atoms with Gasteiger partial charge in [-0.15, -0.1) is 12.4 Å². The zero-order valence-corrected chi connectivity index (χ0v) is 32.9. The van der Waals surface area contributed by atoms with E-state index in [0.717, 1.165) is 25.7 Å². The van der Waals surface area contributed by atoms with E-state index in [1.54, 1.807) is 0 Å². The highest BCUT2D eigenvalue weighted by Gasteiger charge is 2.46. The Bertz CT molecular complexity index is 678. The molecule has 0 aromatic rings. The normalized spacial score (nSPS) is 12.0. The van der Waals surface area contributed by atoms with Gasteiger partial charge in [0.05, 0.1) is 0 Å². The molecule has 4 heteroatoms. The molecule has 0 aliphatic rings. The highest BCUT2D eigenvalue weighted by Crippen LogP contribution is 2.42. The van der Waals surface area contributed by atoms with Crippen molar-refractivity contribution in [2.45, 2.75) is 221 Å². The number of hydrogen-bond acceptors (Lipinski definition) is 3. The van der Waals surface area contributed by atoms with Crippen LogP contribution in [-0.2, 0) is 9.59 Å². The molecule has 0 aromatic heterocycles. The van der Waals surface area contributed by atoms with E-state index in [2.05, 4.69) is 38.2 Å². The summed E-state index contributed by atoms with van der Waals surface area (Å²) in [5, 5.41) is 0. The molecule has 0 heterocycles. The van der Waals surface area contributed by atoms with Crippen molar-refractivity contribution in [1.29, 1.82) is 0 Å². The van der Waals surface area contributed by atoms with Crippen LogP contribution in [-0.4, -0.2) is 11.6 Å². The average molecular weight is 669 g/mol. The fourth-order valence-corrected chi connectivity index (χ4v) is 6.03. The molecular weight excluding hydrogens is 586 g/mol. The van der Waals surface area contributed by atoms with E-state index in [1.807, 2.05) is 27.7 Å². The fraction of sp³-hybridized carbons (Fsp3) is 0.857. The van der Waals surface area contributed by atoms with E-state index in [0.29, 0.717) is 12.8 Å². The molecule has 0 aliphatic heterocycles. The van der Waals surface area contributed by atoms with E-state index < -0.39 is 10.8 Å². The van der Waals surface area contributed by atoms with E-state index >= 15 is 0 Å². The van der Waals surface area contributed by atoms with Crippen molar-refractivity contribution >= 4 is 24.0 Å². The first-order chi connectivity index (χ1) is 21.2. The highest BCUT2D eigenvalue weighted by atomic mass is 35.5. The monoisotopic (exact) mass is 668 g/mol. The summed E-state index contributed by atoms with van der Waals surface area (Å²) in [6.45, 7) is 12.6. The molecule has 0 rings (SSSR count). The molecule has 0 aromatic carbocycles. The average Bonchev–Trinajstić information content (AvgIpc) is 3.00. The van der Waals surface area contributed by atoms with Crippen molar-refractivity contribution in [2.75, 3.05) is 0 Å². The van der Waals surface area contributed by atoms with Crippen LogP contribution in [0.5, 0.6) is 0 Å². The number of allylic oxidation sites excluding steroid dienone is 4. The molecule has 3 nitrogen and oxygen atoms in total. The van der Waals surface area contributed by atoms with Gasteiger partial charge in [0.15, 0.2) is 0 Å². The van der Waals surface area contributed by atoms with Crippen LogP contribution in [0, 0.1) is 10.8 Å². The molecule has 0 aliphatic carbocycles. The number of hydrogen-bond donors (Lipinski definition) is 1. The number of unbranched alkanes of at least 4 members (excludes halogenated alkanes) is 22. The first-order valence-corrected chi connectivity index (χ1v) is 19.6. The Kier molecular flexibility index (Phi) is 36.5. The van der Waals surface area contributed by atoms with Crippen molar-refractivity contribution in [3.05, 3.63) is 24.3 Å². The maximum absolute atomic E-state index is 13.2. The Labute approximate surface area is 295 Å². The summed E-state index contributed by atoms with van der Waals surface area (Å²) in [6, 6.07) is 0. The minimum absolute atomic E-state index is 0. The van der Waals surface area contributed by atoms with Crippen molar-refractivity contribution in [3.63, 3.8) is 0 Å². The summed E-state index contributed by atoms with van der Waals surface area (Å²) in [5.41, 5.74) is -1.21. The number of Topliss-reactive ketones (excluding diaryl/α,β-unsaturated/α-hetero) is 2. The molecule has 274 valence electrons. The summed E-state index contributed by atoms with van der Waals surface area (Å²) in [7, 11) is 0. The molecule has 0 saturated heterocycles. The first kappa shape index (κ1) is 49.5. The Morgan fingerprint density at radius 2 is 0.609 bits per heavy atom. The third-order valence-electron chi connectivity index (χ3n) is 10.3. The van der Waals surface area contributed by atoms with E-state index in [4.69, 9.17) is 0 Å². The Balaban J connectivity index is -0.00000924. The van der Waals surface area contributed by atoms with Gasteiger partial charge in [-0.2, -0.15) is 0 Å². The molecule has 0 unspecified atom stereocenters. The van der Waals surface area contributed by atoms with Crippen LogP contribution in [0.25, 0.3) is 0 Å². The van der Waals surface area contributed by atoms with Crippen molar-refractivity contribution < 1.29 is 9.59 Å². The lowest BCUT2D eigenvalue weighted by molar-refractivity contribution is -0.144. The second kappa shape index (κ2) is 34.0. The Morgan fingerprint density at radius 3 is 0.870 bits per heavy atom. The van der Waals surface area contributed by atoms with E-state index in [1.165, 1.54) is 141 Å². The number of carbonyl (C=O) groups excluding carboxylic acids is 2. The predicted molar refractivity (Wildman–Crippen MR) is 209 cm³/mol. The molecule has 46 heavy (non-hydrogen) atoms. The highest BCUT2D eigenvalue weighted by molar-refractivity contribution is 5.94. The number of ketones is 2. The Hall–Kier alpha value is -0.930. The van der Waals surface area contributed by atoms with Crippen LogP contribution >= 0.6 is 12.4 Å². The van der Waals surface area contributed by atoms with Crippen molar-refractivity contribution in [1.82, 2.24) is 6.15 Å². The molecule has 0 amide bonds. The number of carbonyl (C=O) groups is 2. The standard InChI is InChI=1S/C42H78O2.ClH.H3N/c1-7-9-11-13-15-17-19-21-23-25-27-29-31-33-35-37-39(43)41(3,4)42(5,6)40(44)38-36-34-32-30-28-26-24-22-20-18-16-14-12-10-8-2;;/h21-24H,7-20,25-38H2,1-6H3;1H;1H3/b23-21-,24-22-;;. The zero-order chi connectivity index (χ0) is 32.8. The van der Waals surface area contributed by atoms with Gasteiger partial charge < -0.3 is 6.15 Å². The largest absolute Gasteiger partial charge is 0.344 e. The molecule has 0 saturated carbocycles. The molecule has 0 radical (unpaired) electrons. The minimum Gasteiger partial charge on any atom is -0.344 e. The topological polar surface area (TPSA) is 69.1 Å². The summed E-state index contributed by atoms with van der Waals surface area (Å²) >= 11 is 0. The van der Waals surface area contributed by atoms with E-state index in [-0.39, 0.29) is 30.1 Å². The van der Waals surface area contributed by atoms with Gasteiger partial charge in [0.1, 0.15) is 11.6 Å². The van der Waals surface area contributed by atoms with Gasteiger partial charge in [-0.3, -0.25) is 9.59 Å². The van der Waals surface area contributed by atoms with Gasteiger partial charge in [0, 0.05) is 23.7 Å². The predicted octanol–water partition coefficient (Wildman–Crippen LogP) is 14.8. The van der Waals surface area contributed by atoms with Gasteiger partial charge in [-0.05, 0) is 64.2 Å². The lowest BCUT2D eigenvalue weighted by Gasteiger charge is -2.39. The summed E-state index contributed by atoms with van der Waals surface area (Å²) < 4.78 is 0. The third kappa shape index (κ3) is 26.1. The molecule has 0 atom stereocenters. The smallest absolute Gasteiger partial charge is 0.139 e. The molecule has 3 N–H and O–H groups in total.